The van der Waals surface area contributed by atoms with Crippen LogP contribution in [-0.2, 0) is 0 Å². The fourth-order valence-corrected chi connectivity index (χ4v) is 1.13. The molecule has 0 aromatic carbocycles. The standard InChI is InChI=1S/C6H13NO/c1-6(2)3-5(8)4-7-6/h5,7-8H,3-4H2,1-2H3/t5-/m1/s1. The first-order valence-corrected chi connectivity index (χ1v) is 3.03. The molecule has 0 radical (unpaired) electrons. The highest BCUT2D eigenvalue weighted by atomic mass is 16.3. The lowest BCUT2D eigenvalue weighted by molar-refractivity contribution is 0.188. The molecule has 2 nitrogen and oxygen atoms in total. The fourth-order valence-electron chi connectivity index (χ4n) is 1.13. The molecule has 1 saturated heterocycles. The lowest BCUT2D eigenvalue weighted by Crippen LogP contribution is -2.31. The van der Waals surface area contributed by atoms with Crippen molar-refractivity contribution in [2.24, 2.45) is 0 Å². The van der Waals surface area contributed by atoms with E-state index in [1.165, 1.54) is 0 Å². The van der Waals surface area contributed by atoms with Crippen molar-refractivity contribution in [3.05, 3.63) is 0 Å². The first-order valence-electron chi connectivity index (χ1n) is 3.03. The zero-order valence-corrected chi connectivity index (χ0v) is 5.44. The maximum Gasteiger partial charge on any atom is 0.0682 e. The number of aliphatic hydroxyl groups is 1. The average Bonchev–Trinajstić information content (AvgIpc) is 1.82. The molecule has 0 bridgehead atoms. The molecule has 2 N–H and O–H groups in total. The molecular weight excluding hydrogens is 102 g/mol. The summed E-state index contributed by atoms with van der Waals surface area (Å²) in [6.45, 7) is 4.96. The molecule has 1 aliphatic rings. The third-order valence-corrected chi connectivity index (χ3v) is 1.56. The summed E-state index contributed by atoms with van der Waals surface area (Å²) < 4.78 is 0. The lowest BCUT2D eigenvalue weighted by atomic mass is 10.0. The van der Waals surface area contributed by atoms with Gasteiger partial charge in [-0.25, -0.2) is 0 Å². The Morgan fingerprint density at radius 3 is 2.38 bits per heavy atom. The van der Waals surface area contributed by atoms with E-state index in [0.717, 1.165) is 13.0 Å². The van der Waals surface area contributed by atoms with E-state index < -0.39 is 0 Å². The Kier molecular flexibility index (Phi) is 1.29. The average molecular weight is 115 g/mol. The van der Waals surface area contributed by atoms with Gasteiger partial charge < -0.3 is 10.4 Å². The summed E-state index contributed by atoms with van der Waals surface area (Å²) in [5.41, 5.74) is 0.166. The van der Waals surface area contributed by atoms with Crippen molar-refractivity contribution < 1.29 is 5.11 Å². The second kappa shape index (κ2) is 1.71. The maximum absolute atomic E-state index is 9.00. The summed E-state index contributed by atoms with van der Waals surface area (Å²) in [7, 11) is 0. The molecule has 1 rings (SSSR count). The SMILES string of the molecule is CC1(C)C[C@@H](O)CN1. The van der Waals surface area contributed by atoms with Crippen LogP contribution < -0.4 is 5.32 Å². The molecule has 48 valence electrons. The van der Waals surface area contributed by atoms with Crippen molar-refractivity contribution in [1.29, 1.82) is 0 Å². The van der Waals surface area contributed by atoms with E-state index in [2.05, 4.69) is 19.2 Å². The highest BCUT2D eigenvalue weighted by Gasteiger charge is 2.28. The molecular formula is C6H13NO. The monoisotopic (exact) mass is 115 g/mol. The molecule has 0 unspecified atom stereocenters. The van der Waals surface area contributed by atoms with Gasteiger partial charge >= 0.3 is 0 Å². The largest absolute Gasteiger partial charge is 0.392 e. The van der Waals surface area contributed by atoms with Crippen molar-refractivity contribution in [2.75, 3.05) is 6.54 Å². The van der Waals surface area contributed by atoms with Crippen LogP contribution in [0.4, 0.5) is 0 Å². The Morgan fingerprint density at radius 1 is 1.62 bits per heavy atom. The number of nitrogens with one attached hydrogen (secondary N) is 1. The van der Waals surface area contributed by atoms with Gasteiger partial charge in [0.25, 0.3) is 0 Å². The quantitative estimate of drug-likeness (QED) is 0.470. The van der Waals surface area contributed by atoms with Gasteiger partial charge in [-0.1, -0.05) is 0 Å². The zero-order chi connectivity index (χ0) is 6.20. The van der Waals surface area contributed by atoms with E-state index in [9.17, 15) is 0 Å². The molecule has 0 aliphatic carbocycles. The molecule has 2 heteroatoms. The van der Waals surface area contributed by atoms with Crippen molar-refractivity contribution in [2.45, 2.75) is 31.9 Å². The van der Waals surface area contributed by atoms with E-state index in [0.29, 0.717) is 0 Å². The van der Waals surface area contributed by atoms with E-state index in [4.69, 9.17) is 5.11 Å². The summed E-state index contributed by atoms with van der Waals surface area (Å²) >= 11 is 0. The van der Waals surface area contributed by atoms with E-state index in [1.807, 2.05) is 0 Å². The molecule has 1 heterocycles. The van der Waals surface area contributed by atoms with E-state index >= 15 is 0 Å². The summed E-state index contributed by atoms with van der Waals surface area (Å²) in [6, 6.07) is 0. The van der Waals surface area contributed by atoms with Crippen LogP contribution >= 0.6 is 0 Å². The molecule has 0 spiro atoms. The Balaban J connectivity index is 2.44. The first-order chi connectivity index (χ1) is 3.60. The third-order valence-electron chi connectivity index (χ3n) is 1.56. The van der Waals surface area contributed by atoms with Crippen LogP contribution in [0.5, 0.6) is 0 Å². The van der Waals surface area contributed by atoms with Gasteiger partial charge in [-0.15, -0.1) is 0 Å². The van der Waals surface area contributed by atoms with Gasteiger partial charge in [-0.3, -0.25) is 0 Å². The van der Waals surface area contributed by atoms with Crippen molar-refractivity contribution in [1.82, 2.24) is 5.32 Å². The van der Waals surface area contributed by atoms with Crippen molar-refractivity contribution >= 4 is 0 Å². The van der Waals surface area contributed by atoms with Gasteiger partial charge in [0.05, 0.1) is 6.10 Å². The van der Waals surface area contributed by atoms with E-state index in [-0.39, 0.29) is 11.6 Å². The Morgan fingerprint density at radius 2 is 2.25 bits per heavy atom. The summed E-state index contributed by atoms with van der Waals surface area (Å²) in [5, 5.41) is 12.2. The van der Waals surface area contributed by atoms with Crippen molar-refractivity contribution in [3.8, 4) is 0 Å². The molecule has 1 fully saturated rings. The minimum atomic E-state index is -0.120. The van der Waals surface area contributed by atoms with Crippen molar-refractivity contribution in [3.63, 3.8) is 0 Å². The molecule has 8 heavy (non-hydrogen) atoms. The predicted molar refractivity (Wildman–Crippen MR) is 32.7 cm³/mol. The molecule has 0 aromatic rings. The number of aliphatic hydroxyl groups excluding tert-OH is 1. The third kappa shape index (κ3) is 1.20. The molecule has 0 saturated carbocycles. The molecule has 1 atom stereocenters. The lowest BCUT2D eigenvalue weighted by Gasteiger charge is -2.15. The number of hydrogen-bond donors (Lipinski definition) is 2. The first kappa shape index (κ1) is 6.05. The molecule has 0 aromatic heterocycles. The van der Waals surface area contributed by atoms with Gasteiger partial charge in [-0.2, -0.15) is 0 Å². The fraction of sp³-hybridized carbons (Fsp3) is 1.00. The van der Waals surface area contributed by atoms with Crippen LogP contribution in [0, 0.1) is 0 Å². The van der Waals surface area contributed by atoms with Crippen LogP contribution in [0.2, 0.25) is 0 Å². The second-order valence-corrected chi connectivity index (χ2v) is 3.12. The van der Waals surface area contributed by atoms with Crippen LogP contribution in [0.15, 0.2) is 0 Å². The van der Waals surface area contributed by atoms with Gasteiger partial charge in [-0.05, 0) is 20.3 Å². The zero-order valence-electron chi connectivity index (χ0n) is 5.44. The predicted octanol–water partition coefficient (Wildman–Crippen LogP) is 0.119. The van der Waals surface area contributed by atoms with Crippen LogP contribution in [0.3, 0.4) is 0 Å². The van der Waals surface area contributed by atoms with Gasteiger partial charge in [0, 0.05) is 12.1 Å². The minimum absolute atomic E-state index is 0.120. The highest BCUT2D eigenvalue weighted by molar-refractivity contribution is 4.88. The summed E-state index contributed by atoms with van der Waals surface area (Å²) in [5.74, 6) is 0. The Bertz CT molecular complexity index is 90.5. The van der Waals surface area contributed by atoms with Crippen LogP contribution in [0.1, 0.15) is 20.3 Å². The minimum Gasteiger partial charge on any atom is -0.392 e. The topological polar surface area (TPSA) is 32.3 Å². The smallest absolute Gasteiger partial charge is 0.0682 e. The molecule has 0 amide bonds. The number of rotatable bonds is 0. The van der Waals surface area contributed by atoms with E-state index in [1.54, 1.807) is 0 Å². The van der Waals surface area contributed by atoms with Gasteiger partial charge in [0.2, 0.25) is 0 Å². The van der Waals surface area contributed by atoms with Gasteiger partial charge in [0.1, 0.15) is 0 Å². The Labute approximate surface area is 49.9 Å². The summed E-state index contributed by atoms with van der Waals surface area (Å²) in [4.78, 5) is 0. The number of hydrogen-bond acceptors (Lipinski definition) is 2. The normalized spacial score (nSPS) is 35.6. The molecule has 1 aliphatic heterocycles. The maximum atomic E-state index is 9.00. The Hall–Kier alpha value is -0.0800. The van der Waals surface area contributed by atoms with Crippen LogP contribution in [-0.4, -0.2) is 23.3 Å². The second-order valence-electron chi connectivity index (χ2n) is 3.12. The van der Waals surface area contributed by atoms with Gasteiger partial charge in [0.15, 0.2) is 0 Å². The van der Waals surface area contributed by atoms with Crippen LogP contribution in [0.25, 0.3) is 0 Å². The number of β-amino-alcohol motifs (C(OH)–C–C–N with tert-alkyl or cyclic N) is 1. The highest BCUT2D eigenvalue weighted by Crippen LogP contribution is 2.16. The summed E-state index contributed by atoms with van der Waals surface area (Å²) in [6.07, 6.45) is 0.762.